The second kappa shape index (κ2) is 10.7. The van der Waals surface area contributed by atoms with Gasteiger partial charge in [-0.15, -0.1) is 0 Å². The monoisotopic (exact) mass is 512 g/mol. The van der Waals surface area contributed by atoms with Crippen LogP contribution in [0.4, 0.5) is 5.69 Å². The zero-order valence-electron chi connectivity index (χ0n) is 22.3. The highest BCUT2D eigenvalue weighted by Gasteiger charge is 2.40. The molecule has 1 amide bonds. The minimum absolute atomic E-state index is 0.145. The van der Waals surface area contributed by atoms with Crippen molar-refractivity contribution in [1.29, 1.82) is 0 Å². The first kappa shape index (κ1) is 24.7. The van der Waals surface area contributed by atoms with E-state index < -0.39 is 0 Å². The van der Waals surface area contributed by atoms with Gasteiger partial charge in [-0.05, 0) is 80.0 Å². The van der Waals surface area contributed by atoms with Crippen molar-refractivity contribution in [2.45, 2.75) is 38.6 Å². The number of morpholine rings is 1. The Kier molecular flexibility index (Phi) is 6.94. The number of amides is 1. The van der Waals surface area contributed by atoms with Crippen molar-refractivity contribution in [1.82, 2.24) is 14.5 Å². The van der Waals surface area contributed by atoms with E-state index in [0.717, 1.165) is 74.0 Å². The summed E-state index contributed by atoms with van der Waals surface area (Å²) in [6.07, 6.45) is 9.97. The highest BCUT2D eigenvalue weighted by atomic mass is 16.5. The van der Waals surface area contributed by atoms with Crippen LogP contribution in [0.1, 0.15) is 48.5 Å². The van der Waals surface area contributed by atoms with Gasteiger partial charge in [0.05, 0.1) is 44.1 Å². The molecule has 7 nitrogen and oxygen atoms in total. The average molecular weight is 513 g/mol. The third-order valence-corrected chi connectivity index (χ3v) is 7.93. The summed E-state index contributed by atoms with van der Waals surface area (Å²) in [6.45, 7) is 6.19. The smallest absolute Gasteiger partial charge is 0.250 e. The topological polar surface area (TPSA) is 59.8 Å². The van der Waals surface area contributed by atoms with Gasteiger partial charge in [0, 0.05) is 37.1 Å². The number of anilines is 1. The Morgan fingerprint density at radius 2 is 1.87 bits per heavy atom. The highest BCUT2D eigenvalue weighted by Crippen LogP contribution is 2.46. The molecule has 1 aliphatic carbocycles. The van der Waals surface area contributed by atoms with E-state index in [1.807, 2.05) is 35.9 Å². The molecule has 2 aliphatic heterocycles. The molecule has 2 aromatic carbocycles. The number of piperidine rings is 1. The molecule has 38 heavy (non-hydrogen) atoms. The van der Waals surface area contributed by atoms with Gasteiger partial charge in [0.15, 0.2) is 0 Å². The van der Waals surface area contributed by atoms with Gasteiger partial charge in [0.1, 0.15) is 5.75 Å². The van der Waals surface area contributed by atoms with E-state index in [4.69, 9.17) is 9.47 Å². The summed E-state index contributed by atoms with van der Waals surface area (Å²) in [7, 11) is 1.68. The molecular weight excluding hydrogens is 476 g/mol. The molecule has 6 rings (SSSR count). The quantitative estimate of drug-likeness (QED) is 0.408. The van der Waals surface area contributed by atoms with Gasteiger partial charge in [-0.2, -0.15) is 0 Å². The minimum atomic E-state index is 0.145. The second-order valence-corrected chi connectivity index (χ2v) is 10.6. The van der Waals surface area contributed by atoms with Crippen LogP contribution in [0.5, 0.6) is 5.75 Å². The third-order valence-electron chi connectivity index (χ3n) is 7.93. The van der Waals surface area contributed by atoms with Crippen LogP contribution in [0.3, 0.4) is 0 Å². The van der Waals surface area contributed by atoms with Gasteiger partial charge in [-0.25, -0.2) is 4.98 Å². The molecule has 1 atom stereocenters. The maximum atomic E-state index is 13.8. The van der Waals surface area contributed by atoms with Crippen molar-refractivity contribution in [3.05, 3.63) is 77.4 Å². The van der Waals surface area contributed by atoms with Gasteiger partial charge in [-0.1, -0.05) is 18.2 Å². The normalized spacial score (nSPS) is 20.2. The van der Waals surface area contributed by atoms with Crippen LogP contribution in [0.2, 0.25) is 0 Å². The van der Waals surface area contributed by atoms with Crippen LogP contribution < -0.4 is 9.64 Å². The molecule has 3 aliphatic rings. The molecule has 0 spiro atoms. The predicted octanol–water partition coefficient (Wildman–Crippen LogP) is 5.18. The largest absolute Gasteiger partial charge is 0.495 e. The predicted molar refractivity (Wildman–Crippen MR) is 149 cm³/mol. The molecule has 0 bridgehead atoms. The lowest BCUT2D eigenvalue weighted by Gasteiger charge is -2.37. The maximum Gasteiger partial charge on any atom is 0.250 e. The number of methoxy groups -OCH3 is 1. The van der Waals surface area contributed by atoms with Gasteiger partial charge in [0.25, 0.3) is 0 Å². The van der Waals surface area contributed by atoms with E-state index in [2.05, 4.69) is 45.1 Å². The third kappa shape index (κ3) is 5.07. The van der Waals surface area contributed by atoms with Crippen LogP contribution in [-0.4, -0.2) is 60.3 Å². The summed E-state index contributed by atoms with van der Waals surface area (Å²) in [5.41, 5.74) is 6.22. The zero-order chi connectivity index (χ0) is 26.1. The van der Waals surface area contributed by atoms with E-state index in [0.29, 0.717) is 5.92 Å². The Morgan fingerprint density at radius 1 is 1.08 bits per heavy atom. The number of ether oxygens (including phenoxy) is 2. The number of hydrogen-bond donors (Lipinski definition) is 0. The molecule has 1 saturated carbocycles. The first-order chi connectivity index (χ1) is 18.6. The SMILES string of the molecule is COc1cc(C=C2CCCN([C@H](c3ccc(N4CCOCC4)cc3)C3CC3)C2=O)ccc1-n1cnc(C)c1. The Balaban J connectivity index is 1.23. The van der Waals surface area contributed by atoms with Crippen molar-refractivity contribution >= 4 is 17.7 Å². The number of rotatable bonds is 7. The van der Waals surface area contributed by atoms with Gasteiger partial charge in [0.2, 0.25) is 5.91 Å². The van der Waals surface area contributed by atoms with Crippen LogP contribution in [0.15, 0.2) is 60.6 Å². The fourth-order valence-electron chi connectivity index (χ4n) is 5.81. The van der Waals surface area contributed by atoms with Crippen LogP contribution in [0.25, 0.3) is 11.8 Å². The van der Waals surface area contributed by atoms with Gasteiger partial charge < -0.3 is 23.8 Å². The number of likely N-dealkylation sites (tertiary alicyclic amines) is 1. The number of hydrogen-bond acceptors (Lipinski definition) is 5. The van der Waals surface area contributed by atoms with Gasteiger partial charge in [-0.3, -0.25) is 4.79 Å². The summed E-state index contributed by atoms with van der Waals surface area (Å²) >= 11 is 0. The molecule has 3 aromatic rings. The Labute approximate surface area is 224 Å². The fraction of sp³-hybridized carbons (Fsp3) is 0.419. The summed E-state index contributed by atoms with van der Waals surface area (Å²) in [4.78, 5) is 22.7. The fourth-order valence-corrected chi connectivity index (χ4v) is 5.81. The van der Waals surface area contributed by atoms with Crippen molar-refractivity contribution in [2.24, 2.45) is 5.92 Å². The van der Waals surface area contributed by atoms with Crippen molar-refractivity contribution in [3.8, 4) is 11.4 Å². The van der Waals surface area contributed by atoms with Crippen molar-refractivity contribution < 1.29 is 14.3 Å². The molecule has 3 heterocycles. The van der Waals surface area contributed by atoms with E-state index >= 15 is 0 Å². The molecule has 3 fully saturated rings. The lowest BCUT2D eigenvalue weighted by Crippen LogP contribution is -2.40. The second-order valence-electron chi connectivity index (χ2n) is 10.6. The average Bonchev–Trinajstić information content (AvgIpc) is 3.70. The number of nitrogens with zero attached hydrogens (tertiary/aromatic N) is 4. The van der Waals surface area contributed by atoms with E-state index in [9.17, 15) is 4.79 Å². The summed E-state index contributed by atoms with van der Waals surface area (Å²) < 4.78 is 13.2. The van der Waals surface area contributed by atoms with Crippen LogP contribution >= 0.6 is 0 Å². The molecule has 7 heteroatoms. The number of carbonyl (C=O) groups is 1. The Bertz CT molecular complexity index is 1320. The highest BCUT2D eigenvalue weighted by molar-refractivity contribution is 5.99. The number of benzene rings is 2. The molecule has 2 saturated heterocycles. The van der Waals surface area contributed by atoms with E-state index in [1.54, 1.807) is 13.4 Å². The number of carbonyl (C=O) groups excluding carboxylic acids is 1. The maximum absolute atomic E-state index is 13.8. The van der Waals surface area contributed by atoms with E-state index in [1.165, 1.54) is 24.1 Å². The first-order valence-corrected chi connectivity index (χ1v) is 13.7. The lowest BCUT2D eigenvalue weighted by molar-refractivity contribution is -0.131. The van der Waals surface area contributed by atoms with Crippen molar-refractivity contribution in [2.75, 3.05) is 44.9 Å². The summed E-state index contributed by atoms with van der Waals surface area (Å²) in [5, 5.41) is 0. The Hall–Kier alpha value is -3.58. The standard InChI is InChI=1S/C31H36N4O3/c1-22-20-34(21-32-22)28-12-5-23(19-29(28)37-2)18-26-4-3-13-35(31(26)36)30(24-6-7-24)25-8-10-27(11-9-25)33-14-16-38-17-15-33/h5,8-12,18-21,24,30H,3-4,6-7,13-17H2,1-2H3/t30-/m0/s1. The summed E-state index contributed by atoms with van der Waals surface area (Å²) in [5.74, 6) is 1.47. The van der Waals surface area contributed by atoms with Crippen LogP contribution in [0, 0.1) is 12.8 Å². The summed E-state index contributed by atoms with van der Waals surface area (Å²) in [6, 6.07) is 15.1. The molecule has 0 radical (unpaired) electrons. The van der Waals surface area contributed by atoms with Gasteiger partial charge >= 0.3 is 0 Å². The molecular formula is C31H36N4O3. The molecule has 0 unspecified atom stereocenters. The first-order valence-electron chi connectivity index (χ1n) is 13.7. The number of imidazole rings is 1. The Morgan fingerprint density at radius 3 is 2.55 bits per heavy atom. The lowest BCUT2D eigenvalue weighted by atomic mass is 9.94. The number of aryl methyl sites for hydroxylation is 1. The molecule has 1 aromatic heterocycles. The zero-order valence-corrected chi connectivity index (χ0v) is 22.3. The number of aromatic nitrogens is 2. The van der Waals surface area contributed by atoms with E-state index in [-0.39, 0.29) is 11.9 Å². The minimum Gasteiger partial charge on any atom is -0.495 e. The molecule has 0 N–H and O–H groups in total. The van der Waals surface area contributed by atoms with Crippen LogP contribution in [-0.2, 0) is 9.53 Å². The van der Waals surface area contributed by atoms with Crippen molar-refractivity contribution in [3.63, 3.8) is 0 Å². The molecule has 198 valence electrons.